The average Bonchev–Trinajstić information content (AvgIpc) is 2.62. The summed E-state index contributed by atoms with van der Waals surface area (Å²) in [7, 11) is 0. The van der Waals surface area contributed by atoms with Crippen LogP contribution in [0.4, 0.5) is 5.88 Å². The maximum absolute atomic E-state index is 11.3. The second-order valence-corrected chi connectivity index (χ2v) is 3.72. The fraction of sp³-hybridized carbons (Fsp3) is 0.125. The lowest BCUT2D eigenvalue weighted by atomic mass is 10.4. The molecule has 1 amide bonds. The Bertz CT molecular complexity index is 413. The van der Waals surface area contributed by atoms with Crippen LogP contribution in [-0.4, -0.2) is 17.4 Å². The highest BCUT2D eigenvalue weighted by atomic mass is 79.9. The number of hydrogen-bond acceptors (Lipinski definition) is 4. The van der Waals surface area contributed by atoms with Gasteiger partial charge in [-0.1, -0.05) is 22.5 Å². The Hall–Kier alpha value is -1.63. The number of hydrogen-bond donors (Lipinski definition) is 1. The Balaban J connectivity index is 2.66. The summed E-state index contributed by atoms with van der Waals surface area (Å²) in [5.41, 5.74) is 0. The van der Waals surface area contributed by atoms with E-state index in [0.717, 1.165) is 6.07 Å². The minimum atomic E-state index is -0.708. The zero-order chi connectivity index (χ0) is 11.4. The Morgan fingerprint density at radius 1 is 1.67 bits per heavy atom. The van der Waals surface area contributed by atoms with E-state index in [9.17, 15) is 14.9 Å². The van der Waals surface area contributed by atoms with Gasteiger partial charge in [-0.25, -0.2) is 0 Å². The second kappa shape index (κ2) is 4.74. The molecule has 0 saturated carbocycles. The summed E-state index contributed by atoms with van der Waals surface area (Å²) in [6.07, 6.45) is 0. The molecule has 0 unspecified atom stereocenters. The fourth-order valence-electron chi connectivity index (χ4n) is 0.811. The Labute approximate surface area is 93.2 Å². The highest BCUT2D eigenvalue weighted by Gasteiger charge is 2.16. The van der Waals surface area contributed by atoms with Crippen molar-refractivity contribution in [3.63, 3.8) is 0 Å². The van der Waals surface area contributed by atoms with Crippen molar-refractivity contribution >= 4 is 27.7 Å². The van der Waals surface area contributed by atoms with Gasteiger partial charge in [0, 0.05) is 11.0 Å². The van der Waals surface area contributed by atoms with E-state index in [1.165, 1.54) is 6.07 Å². The summed E-state index contributed by atoms with van der Waals surface area (Å²) >= 11 is 3.06. The van der Waals surface area contributed by atoms with Gasteiger partial charge in [0.25, 0.3) is 5.91 Å². The predicted octanol–water partition coefficient (Wildman–Crippen LogP) is 1.83. The van der Waals surface area contributed by atoms with Crippen LogP contribution in [0.5, 0.6) is 0 Å². The van der Waals surface area contributed by atoms with E-state index >= 15 is 0 Å². The van der Waals surface area contributed by atoms with Crippen LogP contribution in [-0.2, 0) is 0 Å². The minimum Gasteiger partial charge on any atom is -0.395 e. The molecule has 0 aliphatic heterocycles. The van der Waals surface area contributed by atoms with Crippen LogP contribution in [0.3, 0.4) is 0 Å². The SMILES string of the molecule is C=C(Br)CNC(=O)c1ccc([N+](=O)[O-])o1. The first-order valence-electron chi connectivity index (χ1n) is 3.86. The number of halogens is 1. The van der Waals surface area contributed by atoms with Crippen molar-refractivity contribution in [3.8, 4) is 0 Å². The molecule has 0 atom stereocenters. The van der Waals surface area contributed by atoms with Gasteiger partial charge in [-0.2, -0.15) is 0 Å². The number of nitrogens with zero attached hydrogens (tertiary/aromatic N) is 1. The van der Waals surface area contributed by atoms with Crippen LogP contribution in [0.2, 0.25) is 0 Å². The molecule has 0 radical (unpaired) electrons. The van der Waals surface area contributed by atoms with E-state index in [1.54, 1.807) is 0 Å². The highest BCUT2D eigenvalue weighted by molar-refractivity contribution is 9.11. The molecule has 15 heavy (non-hydrogen) atoms. The molecular formula is C8H7BrN2O4. The standard InChI is InChI=1S/C8H7BrN2O4/c1-5(9)4-10-8(12)6-2-3-7(15-6)11(13)14/h2-3H,1,4H2,(H,10,12). The number of carbonyl (C=O) groups is 1. The average molecular weight is 275 g/mol. The first kappa shape index (κ1) is 11.4. The molecular weight excluding hydrogens is 268 g/mol. The minimum absolute atomic E-state index is 0.101. The van der Waals surface area contributed by atoms with E-state index in [2.05, 4.69) is 32.2 Å². The van der Waals surface area contributed by atoms with Crippen molar-refractivity contribution in [1.82, 2.24) is 5.32 Å². The van der Waals surface area contributed by atoms with Gasteiger partial charge in [0.1, 0.15) is 4.92 Å². The van der Waals surface area contributed by atoms with Crippen molar-refractivity contribution in [2.75, 3.05) is 6.54 Å². The van der Waals surface area contributed by atoms with Crippen LogP contribution in [0.1, 0.15) is 10.6 Å². The van der Waals surface area contributed by atoms with Crippen LogP contribution in [0.25, 0.3) is 0 Å². The van der Waals surface area contributed by atoms with Gasteiger partial charge < -0.3 is 9.73 Å². The molecule has 0 saturated heterocycles. The summed E-state index contributed by atoms with van der Waals surface area (Å²) in [5.74, 6) is -1.09. The lowest BCUT2D eigenvalue weighted by molar-refractivity contribution is -0.402. The Kier molecular flexibility index (Phi) is 3.62. The number of furan rings is 1. The third-order valence-electron chi connectivity index (χ3n) is 1.44. The van der Waals surface area contributed by atoms with E-state index < -0.39 is 16.7 Å². The maximum atomic E-state index is 11.3. The molecule has 1 heterocycles. The molecule has 0 spiro atoms. The largest absolute Gasteiger partial charge is 0.433 e. The van der Waals surface area contributed by atoms with Crippen molar-refractivity contribution in [2.45, 2.75) is 0 Å². The molecule has 7 heteroatoms. The van der Waals surface area contributed by atoms with Gasteiger partial charge in [-0.3, -0.25) is 14.9 Å². The maximum Gasteiger partial charge on any atom is 0.433 e. The van der Waals surface area contributed by atoms with Gasteiger partial charge in [0.05, 0.1) is 6.07 Å². The fourth-order valence-corrected chi connectivity index (χ4v) is 0.951. The van der Waals surface area contributed by atoms with Gasteiger partial charge >= 0.3 is 5.88 Å². The first-order valence-corrected chi connectivity index (χ1v) is 4.65. The summed E-state index contributed by atoms with van der Waals surface area (Å²) in [4.78, 5) is 20.8. The highest BCUT2D eigenvalue weighted by Crippen LogP contribution is 2.15. The summed E-state index contributed by atoms with van der Waals surface area (Å²) in [6.45, 7) is 3.75. The van der Waals surface area contributed by atoms with Crippen LogP contribution < -0.4 is 5.32 Å². The number of nitrogens with one attached hydrogen (secondary N) is 1. The molecule has 0 aliphatic rings. The molecule has 0 aromatic carbocycles. The quantitative estimate of drug-likeness (QED) is 0.670. The van der Waals surface area contributed by atoms with E-state index in [-0.39, 0.29) is 12.3 Å². The monoisotopic (exact) mass is 274 g/mol. The Morgan fingerprint density at radius 3 is 2.80 bits per heavy atom. The lowest BCUT2D eigenvalue weighted by Crippen LogP contribution is -2.23. The summed E-state index contributed by atoms with van der Waals surface area (Å²) < 4.78 is 5.28. The van der Waals surface area contributed by atoms with Crippen molar-refractivity contribution in [3.05, 3.63) is 39.1 Å². The Morgan fingerprint density at radius 2 is 2.33 bits per heavy atom. The number of carbonyl (C=O) groups excluding carboxylic acids is 1. The van der Waals surface area contributed by atoms with Crippen molar-refractivity contribution in [1.29, 1.82) is 0 Å². The molecule has 0 aliphatic carbocycles. The van der Waals surface area contributed by atoms with Crippen LogP contribution >= 0.6 is 15.9 Å². The normalized spacial score (nSPS) is 9.67. The van der Waals surface area contributed by atoms with Gasteiger partial charge in [-0.05, 0) is 6.07 Å². The van der Waals surface area contributed by atoms with Gasteiger partial charge in [0.2, 0.25) is 0 Å². The van der Waals surface area contributed by atoms with E-state index in [0.29, 0.717) is 4.48 Å². The van der Waals surface area contributed by atoms with Crippen molar-refractivity contribution in [2.24, 2.45) is 0 Å². The molecule has 6 nitrogen and oxygen atoms in total. The topological polar surface area (TPSA) is 85.4 Å². The summed E-state index contributed by atoms with van der Waals surface area (Å²) in [6, 6.07) is 2.36. The third kappa shape index (κ3) is 3.21. The van der Waals surface area contributed by atoms with Crippen LogP contribution in [0.15, 0.2) is 27.6 Å². The molecule has 1 N–H and O–H groups in total. The molecule has 1 rings (SSSR count). The second-order valence-electron chi connectivity index (χ2n) is 2.59. The molecule has 0 bridgehead atoms. The van der Waals surface area contributed by atoms with E-state index in [1.807, 2.05) is 0 Å². The third-order valence-corrected chi connectivity index (χ3v) is 1.72. The zero-order valence-electron chi connectivity index (χ0n) is 7.53. The molecule has 1 aromatic heterocycles. The summed E-state index contributed by atoms with van der Waals surface area (Å²) in [5, 5.41) is 12.7. The zero-order valence-corrected chi connectivity index (χ0v) is 9.11. The van der Waals surface area contributed by atoms with E-state index in [4.69, 9.17) is 0 Å². The smallest absolute Gasteiger partial charge is 0.395 e. The lowest BCUT2D eigenvalue weighted by Gasteiger charge is -1.99. The number of rotatable bonds is 4. The molecule has 1 aromatic rings. The van der Waals surface area contributed by atoms with Gasteiger partial charge in [0.15, 0.2) is 5.76 Å². The van der Waals surface area contributed by atoms with Crippen molar-refractivity contribution < 1.29 is 14.1 Å². The molecule has 0 fully saturated rings. The number of amides is 1. The first-order chi connectivity index (χ1) is 7.00. The number of nitro groups is 1. The van der Waals surface area contributed by atoms with Gasteiger partial charge in [-0.15, -0.1) is 0 Å². The molecule has 80 valence electrons. The van der Waals surface area contributed by atoms with Crippen LogP contribution in [0, 0.1) is 10.1 Å². The predicted molar refractivity (Wildman–Crippen MR) is 55.8 cm³/mol.